The molecular formula is C19H22F2N2O7. The van der Waals surface area contributed by atoms with Crippen molar-refractivity contribution in [2.24, 2.45) is 0 Å². The first-order chi connectivity index (χ1) is 14.0. The molecule has 9 nitrogen and oxygen atoms in total. The maximum absolute atomic E-state index is 14.5. The van der Waals surface area contributed by atoms with E-state index in [1.54, 1.807) is 30.3 Å². The van der Waals surface area contributed by atoms with Crippen LogP contribution in [0.5, 0.6) is 0 Å². The van der Waals surface area contributed by atoms with Gasteiger partial charge in [0.2, 0.25) is 17.5 Å². The van der Waals surface area contributed by atoms with Crippen LogP contribution in [-0.2, 0) is 30.5 Å². The van der Waals surface area contributed by atoms with E-state index in [-0.39, 0.29) is 6.61 Å². The Morgan fingerprint density at radius 1 is 1.10 bits per heavy atom. The minimum Gasteiger partial charge on any atom is -0.481 e. The average molecular weight is 428 g/mol. The lowest BCUT2D eigenvalue weighted by atomic mass is 9.98. The van der Waals surface area contributed by atoms with E-state index in [2.05, 4.69) is 0 Å². The lowest BCUT2D eigenvalue weighted by Crippen LogP contribution is -2.59. The molecule has 1 aromatic carbocycles. The largest absolute Gasteiger partial charge is 0.481 e. The fourth-order valence-electron chi connectivity index (χ4n) is 2.33. The molecule has 1 rings (SSSR count). The van der Waals surface area contributed by atoms with E-state index in [1.807, 2.05) is 10.6 Å². The Kier molecular flexibility index (Phi) is 9.03. The number of carboxylic acids is 1. The number of hydrogen-bond donors (Lipinski definition) is 3. The van der Waals surface area contributed by atoms with Crippen LogP contribution in [-0.4, -0.2) is 59.1 Å². The van der Waals surface area contributed by atoms with Crippen molar-refractivity contribution in [3.8, 4) is 0 Å². The Hall–Kier alpha value is -3.37. The van der Waals surface area contributed by atoms with E-state index in [0.717, 1.165) is 13.8 Å². The van der Waals surface area contributed by atoms with Crippen LogP contribution in [0, 0.1) is 0 Å². The molecule has 0 fully saturated rings. The zero-order valence-electron chi connectivity index (χ0n) is 16.3. The smallest absolute Gasteiger partial charge is 0.408 e. The quantitative estimate of drug-likeness (QED) is 0.449. The van der Waals surface area contributed by atoms with Crippen LogP contribution in [0.3, 0.4) is 0 Å². The normalized spacial score (nSPS) is 12.9. The number of rotatable bonds is 11. The van der Waals surface area contributed by atoms with Crippen molar-refractivity contribution in [1.82, 2.24) is 10.6 Å². The van der Waals surface area contributed by atoms with Crippen LogP contribution < -0.4 is 10.6 Å². The fraction of sp³-hybridized carbons (Fsp3) is 0.421. The van der Waals surface area contributed by atoms with Gasteiger partial charge in [0, 0.05) is 0 Å². The number of carbonyl (C=O) groups excluding carboxylic acids is 4. The van der Waals surface area contributed by atoms with Crippen LogP contribution in [0.4, 0.5) is 13.6 Å². The predicted octanol–water partition coefficient (Wildman–Crippen LogP) is 1.10. The second-order valence-electron chi connectivity index (χ2n) is 6.78. The molecule has 0 bridgehead atoms. The average Bonchev–Trinajstić information content (AvgIpc) is 2.68. The molecule has 1 aromatic rings. The second-order valence-corrected chi connectivity index (χ2v) is 6.78. The predicted molar refractivity (Wildman–Crippen MR) is 98.9 cm³/mol. The van der Waals surface area contributed by atoms with Crippen molar-refractivity contribution in [2.45, 2.75) is 44.6 Å². The molecule has 11 heteroatoms. The third-order valence-corrected chi connectivity index (χ3v) is 3.83. The number of nitrogens with one attached hydrogen (secondary N) is 2. The van der Waals surface area contributed by atoms with Gasteiger partial charge < -0.3 is 20.5 Å². The highest BCUT2D eigenvalue weighted by molar-refractivity contribution is 6.40. The summed E-state index contributed by atoms with van der Waals surface area (Å²) in [7, 11) is 0. The summed E-state index contributed by atoms with van der Waals surface area (Å²) < 4.78 is 31.9. The van der Waals surface area contributed by atoms with Crippen molar-refractivity contribution in [3.63, 3.8) is 0 Å². The molecule has 0 saturated heterocycles. The lowest BCUT2D eigenvalue weighted by molar-refractivity contribution is -0.143. The number of hydrogen-bond acceptors (Lipinski definition) is 6. The molecule has 2 unspecified atom stereocenters. The number of ether oxygens (including phenoxy) is 1. The van der Waals surface area contributed by atoms with Gasteiger partial charge in [-0.1, -0.05) is 30.3 Å². The molecule has 164 valence electrons. The van der Waals surface area contributed by atoms with E-state index in [0.29, 0.717) is 5.56 Å². The first-order valence-corrected chi connectivity index (χ1v) is 8.77. The third-order valence-electron chi connectivity index (χ3n) is 3.83. The van der Waals surface area contributed by atoms with Crippen LogP contribution in [0.15, 0.2) is 30.3 Å². The minimum atomic E-state index is -2.36. The fourth-order valence-corrected chi connectivity index (χ4v) is 2.33. The summed E-state index contributed by atoms with van der Waals surface area (Å²) in [5, 5.41) is 12.7. The summed E-state index contributed by atoms with van der Waals surface area (Å²) >= 11 is 0. The van der Waals surface area contributed by atoms with Gasteiger partial charge in [-0.2, -0.15) is 0 Å². The molecule has 0 radical (unpaired) electrons. The molecule has 0 spiro atoms. The number of ketones is 2. The second kappa shape index (κ2) is 11.0. The summed E-state index contributed by atoms with van der Waals surface area (Å²) in [5.74, 6) is -5.89. The number of Topliss-reactive ketones (excluding diaryl/α,β-unsaturated/α-hetero) is 2. The number of carbonyl (C=O) groups is 5. The molecule has 2 amide bonds. The van der Waals surface area contributed by atoms with Crippen molar-refractivity contribution in [1.29, 1.82) is 0 Å². The Bertz CT molecular complexity index is 794. The minimum absolute atomic E-state index is 0.168. The summed E-state index contributed by atoms with van der Waals surface area (Å²) in [4.78, 5) is 58.4. The molecular weight excluding hydrogens is 406 g/mol. The number of alkyl halides is 2. The molecule has 0 saturated carbocycles. The first kappa shape index (κ1) is 24.7. The molecule has 3 N–H and O–H groups in total. The van der Waals surface area contributed by atoms with Crippen molar-refractivity contribution >= 4 is 29.5 Å². The number of aliphatic carboxylic acids is 1. The highest BCUT2D eigenvalue weighted by Gasteiger charge is 2.39. The SMILES string of the molecule is CC(C)(F)C(NC(=O)OCc1ccccc1)C(=O)NC(CC(=O)O)C(=O)C(=O)CF. The maximum Gasteiger partial charge on any atom is 0.408 e. The highest BCUT2D eigenvalue weighted by atomic mass is 19.1. The van der Waals surface area contributed by atoms with Crippen LogP contribution in [0.25, 0.3) is 0 Å². The maximum atomic E-state index is 14.5. The standard InChI is InChI=1S/C19H22F2N2O7/c1-19(2,21)16(23-18(29)30-10-11-6-4-3-5-7-11)17(28)22-12(8-14(25)26)15(27)13(24)9-20/h3-7,12,16H,8-10H2,1-2H3,(H,22,28)(H,23,29)(H,25,26). The molecule has 0 aliphatic rings. The Balaban J connectivity index is 2.88. The van der Waals surface area contributed by atoms with E-state index >= 15 is 0 Å². The topological polar surface area (TPSA) is 139 Å². The summed E-state index contributed by atoms with van der Waals surface area (Å²) in [6, 6.07) is 4.67. The monoisotopic (exact) mass is 428 g/mol. The van der Waals surface area contributed by atoms with Gasteiger partial charge in [-0.25, -0.2) is 13.6 Å². The van der Waals surface area contributed by atoms with Gasteiger partial charge in [0.15, 0.2) is 6.67 Å². The van der Waals surface area contributed by atoms with Gasteiger partial charge >= 0.3 is 12.1 Å². The number of benzene rings is 1. The van der Waals surface area contributed by atoms with Gasteiger partial charge in [-0.3, -0.25) is 19.2 Å². The first-order valence-electron chi connectivity index (χ1n) is 8.77. The lowest BCUT2D eigenvalue weighted by Gasteiger charge is -2.28. The van der Waals surface area contributed by atoms with E-state index < -0.39 is 60.4 Å². The van der Waals surface area contributed by atoms with Crippen LogP contribution in [0.2, 0.25) is 0 Å². The number of alkyl carbamates (subject to hydrolysis) is 1. The summed E-state index contributed by atoms with van der Waals surface area (Å²) in [5.41, 5.74) is -1.73. The van der Waals surface area contributed by atoms with Gasteiger partial charge in [-0.15, -0.1) is 0 Å². The molecule has 0 aliphatic carbocycles. The van der Waals surface area contributed by atoms with Crippen molar-refractivity contribution in [2.75, 3.05) is 6.67 Å². The summed E-state index contributed by atoms with van der Waals surface area (Å²) in [6.45, 7) is 0.0523. The number of carboxylic acid groups (broad SMARTS) is 1. The Labute approximate surface area is 170 Å². The van der Waals surface area contributed by atoms with Gasteiger partial charge in [-0.05, 0) is 19.4 Å². The Morgan fingerprint density at radius 2 is 1.70 bits per heavy atom. The molecule has 0 aromatic heterocycles. The molecule has 2 atom stereocenters. The molecule has 0 heterocycles. The van der Waals surface area contributed by atoms with Crippen LogP contribution >= 0.6 is 0 Å². The summed E-state index contributed by atoms with van der Waals surface area (Å²) in [6.07, 6.45) is -2.18. The molecule has 30 heavy (non-hydrogen) atoms. The van der Waals surface area contributed by atoms with Crippen molar-refractivity contribution in [3.05, 3.63) is 35.9 Å². The zero-order valence-corrected chi connectivity index (χ0v) is 16.3. The highest BCUT2D eigenvalue weighted by Crippen LogP contribution is 2.16. The zero-order chi connectivity index (χ0) is 22.9. The van der Waals surface area contributed by atoms with Gasteiger partial charge in [0.25, 0.3) is 0 Å². The number of amides is 2. The van der Waals surface area contributed by atoms with Crippen LogP contribution in [0.1, 0.15) is 25.8 Å². The van der Waals surface area contributed by atoms with Gasteiger partial charge in [0.05, 0.1) is 6.42 Å². The van der Waals surface area contributed by atoms with E-state index in [4.69, 9.17) is 9.84 Å². The van der Waals surface area contributed by atoms with E-state index in [9.17, 15) is 32.8 Å². The van der Waals surface area contributed by atoms with E-state index in [1.165, 1.54) is 0 Å². The molecule has 0 aliphatic heterocycles. The number of halogens is 2. The Morgan fingerprint density at radius 3 is 2.20 bits per heavy atom. The van der Waals surface area contributed by atoms with Crippen molar-refractivity contribution < 1.29 is 42.6 Å². The van der Waals surface area contributed by atoms with Gasteiger partial charge in [0.1, 0.15) is 24.4 Å². The third kappa shape index (κ3) is 7.94.